The van der Waals surface area contributed by atoms with Crippen LogP contribution in [0.5, 0.6) is 0 Å². The van der Waals surface area contributed by atoms with Crippen LogP contribution in [0.4, 0.5) is 8.78 Å². The zero-order valence-electron chi connectivity index (χ0n) is 10.1. The lowest BCUT2D eigenvalue weighted by Crippen LogP contribution is -2.36. The van der Waals surface area contributed by atoms with Gasteiger partial charge in [-0.1, -0.05) is 34.1 Å². The summed E-state index contributed by atoms with van der Waals surface area (Å²) in [5.41, 5.74) is 0.775. The third-order valence-electron chi connectivity index (χ3n) is 2.35. The maximum Gasteiger partial charge on any atom is 0.255 e. The highest BCUT2D eigenvalue weighted by Gasteiger charge is 2.15. The quantitative estimate of drug-likeness (QED) is 0.813. The van der Waals surface area contributed by atoms with Crippen molar-refractivity contribution in [2.45, 2.75) is 6.43 Å². The molecule has 0 aromatic heterocycles. The summed E-state index contributed by atoms with van der Waals surface area (Å²) in [6, 6.07) is 7.24. The Hall–Kier alpha value is -1.27. The molecule has 0 aliphatic rings. The van der Waals surface area contributed by atoms with Crippen molar-refractivity contribution in [2.75, 3.05) is 19.7 Å². The zero-order chi connectivity index (χ0) is 14.3. The molecule has 0 unspecified atom stereocenters. The highest BCUT2D eigenvalue weighted by Crippen LogP contribution is 2.17. The standard InChI is InChI=1S/C13H14BrF2NO2/c14-11-4-2-1-3-10(11)5-6-13(19)17(7-8-18)9-12(15)16/h1-6,12,18H,7-9H2/b6-5+. The minimum absolute atomic E-state index is 0.108. The number of benzene rings is 1. The molecule has 0 saturated carbocycles. The van der Waals surface area contributed by atoms with Gasteiger partial charge in [0, 0.05) is 17.1 Å². The molecule has 1 amide bonds. The fourth-order valence-electron chi connectivity index (χ4n) is 1.46. The van der Waals surface area contributed by atoms with Gasteiger partial charge in [0.05, 0.1) is 13.2 Å². The Morgan fingerprint density at radius 2 is 2.11 bits per heavy atom. The Morgan fingerprint density at radius 1 is 1.42 bits per heavy atom. The van der Waals surface area contributed by atoms with Gasteiger partial charge in [0.2, 0.25) is 5.91 Å². The third kappa shape index (κ3) is 5.48. The molecule has 0 heterocycles. The van der Waals surface area contributed by atoms with Crippen molar-refractivity contribution in [3.05, 3.63) is 40.4 Å². The normalized spacial score (nSPS) is 11.2. The lowest BCUT2D eigenvalue weighted by atomic mass is 10.2. The lowest BCUT2D eigenvalue weighted by Gasteiger charge is -2.19. The minimum Gasteiger partial charge on any atom is -0.395 e. The van der Waals surface area contributed by atoms with Gasteiger partial charge in [0.25, 0.3) is 6.43 Å². The van der Waals surface area contributed by atoms with Gasteiger partial charge in [0.15, 0.2) is 0 Å². The van der Waals surface area contributed by atoms with E-state index in [9.17, 15) is 13.6 Å². The van der Waals surface area contributed by atoms with Crippen molar-refractivity contribution in [2.24, 2.45) is 0 Å². The second-order valence-electron chi connectivity index (χ2n) is 3.75. The number of rotatable bonds is 6. The van der Waals surface area contributed by atoms with Crippen molar-refractivity contribution in [1.29, 1.82) is 0 Å². The number of nitrogens with zero attached hydrogens (tertiary/aromatic N) is 1. The lowest BCUT2D eigenvalue weighted by molar-refractivity contribution is -0.128. The van der Waals surface area contributed by atoms with Crippen LogP contribution in [0.2, 0.25) is 0 Å². The van der Waals surface area contributed by atoms with E-state index < -0.39 is 18.9 Å². The van der Waals surface area contributed by atoms with Crippen LogP contribution in [0.15, 0.2) is 34.8 Å². The molecule has 0 aliphatic carbocycles. The van der Waals surface area contributed by atoms with Gasteiger partial charge in [0.1, 0.15) is 0 Å². The number of aliphatic hydroxyl groups excluding tert-OH is 1. The second kappa shape index (κ2) is 8.01. The molecule has 1 aromatic rings. The van der Waals surface area contributed by atoms with Crippen molar-refractivity contribution in [1.82, 2.24) is 4.90 Å². The second-order valence-corrected chi connectivity index (χ2v) is 4.61. The summed E-state index contributed by atoms with van der Waals surface area (Å²) in [4.78, 5) is 12.6. The van der Waals surface area contributed by atoms with Gasteiger partial charge in [-0.3, -0.25) is 4.79 Å². The fourth-order valence-corrected chi connectivity index (χ4v) is 1.87. The van der Waals surface area contributed by atoms with Crippen LogP contribution < -0.4 is 0 Å². The van der Waals surface area contributed by atoms with Crippen molar-refractivity contribution in [3.8, 4) is 0 Å². The summed E-state index contributed by atoms with van der Waals surface area (Å²) in [6.45, 7) is -1.13. The molecule has 0 aliphatic heterocycles. The van der Waals surface area contributed by atoms with E-state index in [-0.39, 0.29) is 13.2 Å². The molecule has 1 aromatic carbocycles. The summed E-state index contributed by atoms with van der Waals surface area (Å²) >= 11 is 3.32. The number of hydrogen-bond donors (Lipinski definition) is 1. The Balaban J connectivity index is 2.73. The highest BCUT2D eigenvalue weighted by molar-refractivity contribution is 9.10. The first-order valence-corrected chi connectivity index (χ1v) is 6.44. The summed E-state index contributed by atoms with van der Waals surface area (Å²) in [6.07, 6.45) is 0.146. The van der Waals surface area contributed by atoms with E-state index in [1.165, 1.54) is 6.08 Å². The fraction of sp³-hybridized carbons (Fsp3) is 0.308. The molecule has 0 atom stereocenters. The van der Waals surface area contributed by atoms with E-state index in [4.69, 9.17) is 5.11 Å². The molecular formula is C13H14BrF2NO2. The van der Waals surface area contributed by atoms with E-state index >= 15 is 0 Å². The first-order chi connectivity index (χ1) is 9.04. The van der Waals surface area contributed by atoms with Crippen molar-refractivity contribution in [3.63, 3.8) is 0 Å². The maximum absolute atomic E-state index is 12.3. The van der Waals surface area contributed by atoms with E-state index in [0.29, 0.717) is 0 Å². The smallest absolute Gasteiger partial charge is 0.255 e. The Morgan fingerprint density at radius 3 is 2.68 bits per heavy atom. The van der Waals surface area contributed by atoms with Gasteiger partial charge in [-0.2, -0.15) is 0 Å². The number of aliphatic hydroxyl groups is 1. The first-order valence-electron chi connectivity index (χ1n) is 5.65. The van der Waals surface area contributed by atoms with Gasteiger partial charge >= 0.3 is 0 Å². The Labute approximate surface area is 118 Å². The first kappa shape index (κ1) is 15.8. The molecule has 0 fully saturated rings. The molecule has 104 valence electrons. The molecule has 3 nitrogen and oxygen atoms in total. The van der Waals surface area contributed by atoms with Crippen molar-refractivity contribution < 1.29 is 18.7 Å². The molecule has 0 saturated heterocycles. The highest BCUT2D eigenvalue weighted by atomic mass is 79.9. The summed E-state index contributed by atoms with van der Waals surface area (Å²) < 4.78 is 25.4. The topological polar surface area (TPSA) is 40.5 Å². The number of hydrogen-bond acceptors (Lipinski definition) is 2. The molecule has 6 heteroatoms. The molecule has 1 N–H and O–H groups in total. The van der Waals surface area contributed by atoms with Crippen LogP contribution in [0.1, 0.15) is 5.56 Å². The molecule has 19 heavy (non-hydrogen) atoms. The third-order valence-corrected chi connectivity index (χ3v) is 3.07. The summed E-state index contributed by atoms with van der Waals surface area (Å²) in [7, 11) is 0. The monoisotopic (exact) mass is 333 g/mol. The number of amides is 1. The maximum atomic E-state index is 12.3. The van der Waals surface area contributed by atoms with Crippen LogP contribution in [-0.4, -0.2) is 42.0 Å². The van der Waals surface area contributed by atoms with E-state index in [1.54, 1.807) is 18.2 Å². The van der Waals surface area contributed by atoms with Gasteiger partial charge in [-0.25, -0.2) is 8.78 Å². The average molecular weight is 334 g/mol. The minimum atomic E-state index is -2.62. The van der Waals surface area contributed by atoms with E-state index in [0.717, 1.165) is 14.9 Å². The summed E-state index contributed by atoms with van der Waals surface area (Å²) in [5, 5.41) is 8.76. The predicted molar refractivity (Wildman–Crippen MR) is 72.8 cm³/mol. The predicted octanol–water partition coefficient (Wildman–Crippen LogP) is 2.55. The van der Waals surface area contributed by atoms with Gasteiger partial charge < -0.3 is 10.0 Å². The van der Waals surface area contributed by atoms with Crippen LogP contribution >= 0.6 is 15.9 Å². The Bertz CT molecular complexity index is 452. The Kier molecular flexibility index (Phi) is 6.66. The van der Waals surface area contributed by atoms with Crippen LogP contribution in [-0.2, 0) is 4.79 Å². The molecule has 0 bridgehead atoms. The molecule has 0 radical (unpaired) electrons. The van der Waals surface area contributed by atoms with Gasteiger partial charge in [-0.15, -0.1) is 0 Å². The largest absolute Gasteiger partial charge is 0.395 e. The summed E-state index contributed by atoms with van der Waals surface area (Å²) in [5.74, 6) is -0.551. The molecular weight excluding hydrogens is 320 g/mol. The van der Waals surface area contributed by atoms with Crippen LogP contribution in [0.3, 0.4) is 0 Å². The number of halogens is 3. The number of carbonyl (C=O) groups excluding carboxylic acids is 1. The number of carbonyl (C=O) groups is 1. The van der Waals surface area contributed by atoms with Crippen LogP contribution in [0.25, 0.3) is 6.08 Å². The average Bonchev–Trinajstić information content (AvgIpc) is 2.36. The SMILES string of the molecule is O=C(/C=C/c1ccccc1Br)N(CCO)CC(F)F. The zero-order valence-corrected chi connectivity index (χ0v) is 11.7. The van der Waals surface area contributed by atoms with Crippen molar-refractivity contribution >= 4 is 27.9 Å². The van der Waals surface area contributed by atoms with E-state index in [2.05, 4.69) is 15.9 Å². The molecule has 0 spiro atoms. The van der Waals surface area contributed by atoms with Crippen LogP contribution in [0, 0.1) is 0 Å². The number of alkyl halides is 2. The van der Waals surface area contributed by atoms with E-state index in [1.807, 2.05) is 12.1 Å². The molecule has 1 rings (SSSR count). The van der Waals surface area contributed by atoms with Gasteiger partial charge in [-0.05, 0) is 17.7 Å².